The molecule has 1 saturated heterocycles. The summed E-state index contributed by atoms with van der Waals surface area (Å²) in [6.45, 7) is 4.12. The van der Waals surface area contributed by atoms with Crippen LogP contribution < -0.4 is 10.1 Å². The van der Waals surface area contributed by atoms with Gasteiger partial charge in [0.05, 0.1) is 17.9 Å². The number of nitrogens with one attached hydrogen (secondary N) is 1. The third-order valence-electron chi connectivity index (χ3n) is 6.46. The minimum absolute atomic E-state index is 0.0152. The minimum Gasteiger partial charge on any atom is -0.404 e. The fourth-order valence-electron chi connectivity index (χ4n) is 4.45. The van der Waals surface area contributed by atoms with Crippen molar-refractivity contribution >= 4 is 17.4 Å². The molecule has 0 unspecified atom stereocenters. The maximum absolute atomic E-state index is 14.0. The summed E-state index contributed by atoms with van der Waals surface area (Å²) >= 11 is 0. The fourth-order valence-corrected chi connectivity index (χ4v) is 4.45. The van der Waals surface area contributed by atoms with Gasteiger partial charge < -0.3 is 15.0 Å². The van der Waals surface area contributed by atoms with E-state index in [0.717, 1.165) is 19.2 Å². The minimum atomic E-state index is -4.98. The molecule has 1 atom stereocenters. The Morgan fingerprint density at radius 1 is 1.10 bits per heavy atom. The number of likely N-dealkylation sites (N-methyl/N-ethyl adjacent to an activating group) is 1. The number of nitrogens with zero attached hydrogens (tertiary/aromatic N) is 3. The molecule has 1 amide bonds. The molecule has 1 aliphatic rings. The van der Waals surface area contributed by atoms with E-state index < -0.39 is 29.6 Å². The standard InChI is InChI=1S/C28H28F4N4O3/c1-18-16-35(2)11-12-36(18)17-27(38)34-24-14-20(8-10-26(24)39-28(30,31)32)25(37)13-19-7-9-23(33-15-19)21-5-3-4-6-22(21)29/h3-10,14-15,18H,11-13,16-17H2,1-2H3,(H,34,38)/t18-/m0/s1. The highest BCUT2D eigenvalue weighted by molar-refractivity contribution is 6.00. The second-order valence-electron chi connectivity index (χ2n) is 9.52. The van der Waals surface area contributed by atoms with E-state index in [4.69, 9.17) is 0 Å². The van der Waals surface area contributed by atoms with Crippen LogP contribution in [0.1, 0.15) is 22.8 Å². The van der Waals surface area contributed by atoms with Crippen LogP contribution >= 0.6 is 0 Å². The van der Waals surface area contributed by atoms with Gasteiger partial charge in [-0.2, -0.15) is 0 Å². The lowest BCUT2D eigenvalue weighted by atomic mass is 10.0. The first kappa shape index (κ1) is 28.2. The van der Waals surface area contributed by atoms with Crippen molar-refractivity contribution in [3.05, 3.63) is 77.7 Å². The molecule has 39 heavy (non-hydrogen) atoms. The number of amides is 1. The number of ketones is 1. The van der Waals surface area contributed by atoms with Crippen LogP contribution in [-0.4, -0.2) is 72.1 Å². The number of hydrogen-bond acceptors (Lipinski definition) is 6. The van der Waals surface area contributed by atoms with Crippen LogP contribution in [0.25, 0.3) is 11.3 Å². The number of benzene rings is 2. The molecule has 0 saturated carbocycles. The number of anilines is 1. The summed E-state index contributed by atoms with van der Waals surface area (Å²) in [6, 6.07) is 12.9. The van der Waals surface area contributed by atoms with Crippen molar-refractivity contribution in [3.8, 4) is 17.0 Å². The van der Waals surface area contributed by atoms with Gasteiger partial charge in [-0.15, -0.1) is 13.2 Å². The Labute approximate surface area is 223 Å². The number of halogens is 4. The average Bonchev–Trinajstić information content (AvgIpc) is 2.87. The van der Waals surface area contributed by atoms with Crippen molar-refractivity contribution in [2.45, 2.75) is 25.7 Å². The number of aromatic nitrogens is 1. The molecule has 1 aromatic heterocycles. The van der Waals surface area contributed by atoms with Crippen LogP contribution in [0, 0.1) is 5.82 Å². The van der Waals surface area contributed by atoms with Gasteiger partial charge >= 0.3 is 6.36 Å². The van der Waals surface area contributed by atoms with Crippen LogP contribution in [0.2, 0.25) is 0 Å². The maximum atomic E-state index is 14.0. The molecule has 0 bridgehead atoms. The van der Waals surface area contributed by atoms with Crippen LogP contribution in [0.15, 0.2) is 60.8 Å². The summed E-state index contributed by atoms with van der Waals surface area (Å²) in [5, 5.41) is 2.48. The summed E-state index contributed by atoms with van der Waals surface area (Å²) in [7, 11) is 1.98. The molecule has 4 rings (SSSR count). The molecule has 2 heterocycles. The van der Waals surface area contributed by atoms with Crippen LogP contribution in [0.4, 0.5) is 23.2 Å². The molecular formula is C28H28F4N4O3. The van der Waals surface area contributed by atoms with Crippen molar-refractivity contribution < 1.29 is 31.9 Å². The van der Waals surface area contributed by atoms with E-state index in [-0.39, 0.29) is 30.3 Å². The predicted molar refractivity (Wildman–Crippen MR) is 138 cm³/mol. The Morgan fingerprint density at radius 2 is 1.87 bits per heavy atom. The van der Waals surface area contributed by atoms with E-state index in [1.165, 1.54) is 24.4 Å². The average molecular weight is 545 g/mol. The number of alkyl halides is 3. The number of carbonyl (C=O) groups is 2. The first-order valence-corrected chi connectivity index (χ1v) is 12.3. The Bertz CT molecular complexity index is 1330. The van der Waals surface area contributed by atoms with E-state index >= 15 is 0 Å². The molecule has 3 aromatic rings. The zero-order chi connectivity index (χ0) is 28.2. The summed E-state index contributed by atoms with van der Waals surface area (Å²) < 4.78 is 57.1. The number of carbonyl (C=O) groups excluding carboxylic acids is 2. The predicted octanol–water partition coefficient (Wildman–Crippen LogP) is 4.79. The van der Waals surface area contributed by atoms with Crippen LogP contribution in [0.3, 0.4) is 0 Å². The fraction of sp³-hybridized carbons (Fsp3) is 0.321. The Balaban J connectivity index is 1.49. The lowest BCUT2D eigenvalue weighted by Crippen LogP contribution is -2.52. The Morgan fingerprint density at radius 3 is 2.54 bits per heavy atom. The van der Waals surface area contributed by atoms with Gasteiger partial charge in [-0.1, -0.05) is 18.2 Å². The van der Waals surface area contributed by atoms with Gasteiger partial charge in [0.2, 0.25) is 5.91 Å². The topological polar surface area (TPSA) is 74.8 Å². The number of pyridine rings is 1. The highest BCUT2D eigenvalue weighted by atomic mass is 19.4. The quantitative estimate of drug-likeness (QED) is 0.325. The molecule has 206 valence electrons. The van der Waals surface area contributed by atoms with E-state index in [0.29, 0.717) is 23.4 Å². The number of piperazine rings is 1. The molecule has 1 N–H and O–H groups in total. The first-order chi connectivity index (χ1) is 18.5. The van der Waals surface area contributed by atoms with Crippen LogP contribution in [-0.2, 0) is 11.2 Å². The van der Waals surface area contributed by atoms with Gasteiger partial charge in [0, 0.05) is 49.4 Å². The van der Waals surface area contributed by atoms with E-state index in [9.17, 15) is 27.2 Å². The molecule has 0 aliphatic carbocycles. The second-order valence-corrected chi connectivity index (χ2v) is 9.52. The lowest BCUT2D eigenvalue weighted by Gasteiger charge is -2.37. The molecule has 7 nitrogen and oxygen atoms in total. The first-order valence-electron chi connectivity index (χ1n) is 12.3. The molecule has 0 radical (unpaired) electrons. The summed E-state index contributed by atoms with van der Waals surface area (Å²) in [6.07, 6.45) is -3.64. The Hall–Kier alpha value is -3.83. The molecule has 2 aromatic carbocycles. The number of Topliss-reactive ketones (excluding diaryl/α,β-unsaturated/α-hetero) is 1. The Kier molecular flexibility index (Phi) is 8.61. The number of rotatable bonds is 8. The summed E-state index contributed by atoms with van der Waals surface area (Å²) in [4.78, 5) is 34.0. The van der Waals surface area contributed by atoms with Crippen LogP contribution in [0.5, 0.6) is 5.75 Å². The third kappa shape index (κ3) is 7.61. The molecular weight excluding hydrogens is 516 g/mol. The van der Waals surface area contributed by atoms with Gasteiger partial charge in [0.15, 0.2) is 11.5 Å². The smallest absolute Gasteiger partial charge is 0.404 e. The van der Waals surface area contributed by atoms with E-state index in [2.05, 4.69) is 19.9 Å². The summed E-state index contributed by atoms with van der Waals surface area (Å²) in [5.74, 6) is -1.96. The third-order valence-corrected chi connectivity index (χ3v) is 6.46. The zero-order valence-electron chi connectivity index (χ0n) is 21.5. The largest absolute Gasteiger partial charge is 0.573 e. The van der Waals surface area contributed by atoms with Gasteiger partial charge in [-0.05, 0) is 55.9 Å². The van der Waals surface area contributed by atoms with Crippen molar-refractivity contribution in [1.82, 2.24) is 14.8 Å². The highest BCUT2D eigenvalue weighted by Gasteiger charge is 2.33. The van der Waals surface area contributed by atoms with Gasteiger partial charge in [0.25, 0.3) is 0 Å². The summed E-state index contributed by atoms with van der Waals surface area (Å²) in [5.41, 5.74) is 1.09. The number of ether oxygens (including phenoxy) is 1. The second kappa shape index (κ2) is 11.9. The van der Waals surface area contributed by atoms with Gasteiger partial charge in [0.1, 0.15) is 5.82 Å². The van der Waals surface area contributed by atoms with Gasteiger partial charge in [-0.25, -0.2) is 4.39 Å². The maximum Gasteiger partial charge on any atom is 0.573 e. The highest BCUT2D eigenvalue weighted by Crippen LogP contribution is 2.32. The van der Waals surface area contributed by atoms with Crippen molar-refractivity contribution in [2.24, 2.45) is 0 Å². The molecule has 1 fully saturated rings. The van der Waals surface area contributed by atoms with Gasteiger partial charge in [-0.3, -0.25) is 19.5 Å². The molecule has 0 spiro atoms. The van der Waals surface area contributed by atoms with E-state index in [1.54, 1.807) is 30.3 Å². The SMILES string of the molecule is C[C@H]1CN(C)CCN1CC(=O)Nc1cc(C(=O)Cc2ccc(-c3ccccc3F)nc2)ccc1OC(F)(F)F. The van der Waals surface area contributed by atoms with Crippen molar-refractivity contribution in [1.29, 1.82) is 0 Å². The zero-order valence-corrected chi connectivity index (χ0v) is 21.5. The monoisotopic (exact) mass is 544 g/mol. The van der Waals surface area contributed by atoms with Crippen molar-refractivity contribution in [2.75, 3.05) is 38.5 Å². The van der Waals surface area contributed by atoms with E-state index in [1.807, 2.05) is 18.9 Å². The molecule has 11 heteroatoms. The molecule has 1 aliphatic heterocycles. The number of hydrogen-bond donors (Lipinski definition) is 1. The normalized spacial score (nSPS) is 16.6. The lowest BCUT2D eigenvalue weighted by molar-refractivity contribution is -0.274. The van der Waals surface area contributed by atoms with Crippen molar-refractivity contribution in [3.63, 3.8) is 0 Å².